The first-order valence-electron chi connectivity index (χ1n) is 9.45. The molecule has 3 aromatic rings. The number of carbonyl (C=O) groups excluding carboxylic acids is 2. The van der Waals surface area contributed by atoms with Crippen LogP contribution in [0.15, 0.2) is 72.4 Å². The zero-order chi connectivity index (χ0) is 22.1. The second-order valence-corrected chi connectivity index (χ2v) is 7.86. The van der Waals surface area contributed by atoms with Crippen LogP contribution in [-0.2, 0) is 9.59 Å². The molecule has 5 nitrogen and oxygen atoms in total. The summed E-state index contributed by atoms with van der Waals surface area (Å²) in [7, 11) is 1.56. The van der Waals surface area contributed by atoms with E-state index < -0.39 is 11.8 Å². The number of ether oxygens (including phenoxy) is 1. The molecular weight excluding hydrogens is 435 g/mol. The van der Waals surface area contributed by atoms with Gasteiger partial charge in [0.25, 0.3) is 11.8 Å². The summed E-state index contributed by atoms with van der Waals surface area (Å²) >= 11 is 12.1. The van der Waals surface area contributed by atoms with E-state index in [-0.39, 0.29) is 11.3 Å². The molecule has 2 amide bonds. The lowest BCUT2D eigenvalue weighted by Gasteiger charge is -2.18. The Hall–Kier alpha value is -3.28. The molecule has 1 heterocycles. The number of rotatable bonds is 5. The van der Waals surface area contributed by atoms with Crippen LogP contribution < -0.4 is 15.0 Å². The Labute approximate surface area is 189 Å². The molecule has 0 atom stereocenters. The first kappa shape index (κ1) is 21.0. The molecule has 0 spiro atoms. The monoisotopic (exact) mass is 452 g/mol. The minimum absolute atomic E-state index is 0.176. The fourth-order valence-corrected chi connectivity index (χ4v) is 3.82. The summed E-state index contributed by atoms with van der Waals surface area (Å²) < 4.78 is 5.26. The smallest absolute Gasteiger partial charge is 0.282 e. The fourth-order valence-electron chi connectivity index (χ4n) is 3.46. The van der Waals surface area contributed by atoms with Crippen LogP contribution in [0.3, 0.4) is 0 Å². The highest BCUT2D eigenvalue weighted by molar-refractivity contribution is 6.46. The third kappa shape index (κ3) is 4.02. The molecule has 31 heavy (non-hydrogen) atoms. The maximum absolute atomic E-state index is 13.5. The number of benzene rings is 3. The first-order valence-corrected chi connectivity index (χ1v) is 10.2. The van der Waals surface area contributed by atoms with Gasteiger partial charge in [-0.2, -0.15) is 0 Å². The van der Waals surface area contributed by atoms with Crippen LogP contribution in [0.4, 0.5) is 11.4 Å². The Bertz CT molecular complexity index is 1220. The van der Waals surface area contributed by atoms with Crippen LogP contribution in [0, 0.1) is 6.92 Å². The highest BCUT2D eigenvalue weighted by atomic mass is 35.5. The number of aryl methyl sites for hydroxylation is 1. The van der Waals surface area contributed by atoms with Gasteiger partial charge in [0.15, 0.2) is 0 Å². The van der Waals surface area contributed by atoms with Gasteiger partial charge in [0.1, 0.15) is 11.4 Å². The molecule has 0 saturated heterocycles. The van der Waals surface area contributed by atoms with E-state index in [4.69, 9.17) is 27.9 Å². The van der Waals surface area contributed by atoms with Gasteiger partial charge in [-0.25, -0.2) is 4.90 Å². The lowest BCUT2D eigenvalue weighted by molar-refractivity contribution is -0.120. The number of hydrogen-bond donors (Lipinski definition) is 1. The molecule has 1 N–H and O–H groups in total. The number of hydrogen-bond acceptors (Lipinski definition) is 4. The summed E-state index contributed by atoms with van der Waals surface area (Å²) in [6, 6.07) is 19.0. The van der Waals surface area contributed by atoms with Crippen molar-refractivity contribution in [2.24, 2.45) is 0 Å². The molecule has 0 unspecified atom stereocenters. The molecule has 1 aliphatic rings. The SMILES string of the molecule is COc1cccc(NC2=C(c3ccc(Cl)cc3)C(=O)N(c3ccc(Cl)cc3C)C2=O)c1. The molecule has 0 radical (unpaired) electrons. The van der Waals surface area contributed by atoms with Crippen LogP contribution in [0.2, 0.25) is 10.0 Å². The predicted molar refractivity (Wildman–Crippen MR) is 124 cm³/mol. The zero-order valence-electron chi connectivity index (χ0n) is 16.8. The Morgan fingerprint density at radius 2 is 1.58 bits per heavy atom. The minimum atomic E-state index is -0.455. The van der Waals surface area contributed by atoms with E-state index in [0.717, 1.165) is 4.90 Å². The Kier molecular flexibility index (Phi) is 5.72. The normalized spacial score (nSPS) is 13.7. The lowest BCUT2D eigenvalue weighted by atomic mass is 10.0. The highest BCUT2D eigenvalue weighted by Crippen LogP contribution is 2.36. The van der Waals surface area contributed by atoms with Crippen molar-refractivity contribution in [1.29, 1.82) is 0 Å². The standard InChI is InChI=1S/C24H18Cl2N2O3/c1-14-12-17(26)10-11-20(14)28-23(29)21(15-6-8-16(25)9-7-15)22(24(28)30)27-18-4-3-5-19(13-18)31-2/h3-13,27H,1-2H3. The minimum Gasteiger partial charge on any atom is -0.497 e. The Balaban J connectivity index is 1.83. The number of carbonyl (C=O) groups is 2. The van der Waals surface area contributed by atoms with Crippen molar-refractivity contribution in [3.8, 4) is 5.75 Å². The predicted octanol–water partition coefficient (Wildman–Crippen LogP) is 5.71. The van der Waals surface area contributed by atoms with Crippen LogP contribution in [-0.4, -0.2) is 18.9 Å². The van der Waals surface area contributed by atoms with Crippen LogP contribution in [0.25, 0.3) is 5.57 Å². The van der Waals surface area contributed by atoms with Crippen molar-refractivity contribution in [3.63, 3.8) is 0 Å². The topological polar surface area (TPSA) is 58.6 Å². The molecule has 0 bridgehead atoms. The summed E-state index contributed by atoms with van der Waals surface area (Å²) in [5.74, 6) is -0.257. The maximum Gasteiger partial charge on any atom is 0.282 e. The zero-order valence-corrected chi connectivity index (χ0v) is 18.3. The molecule has 1 aliphatic heterocycles. The van der Waals surface area contributed by atoms with Crippen molar-refractivity contribution in [2.45, 2.75) is 6.92 Å². The Morgan fingerprint density at radius 1 is 0.871 bits per heavy atom. The number of amides is 2. The van der Waals surface area contributed by atoms with Crippen molar-refractivity contribution in [1.82, 2.24) is 0 Å². The van der Waals surface area contributed by atoms with Gasteiger partial charge in [0.05, 0.1) is 18.4 Å². The number of nitrogens with zero attached hydrogens (tertiary/aromatic N) is 1. The first-order chi connectivity index (χ1) is 14.9. The second-order valence-electron chi connectivity index (χ2n) is 6.99. The number of anilines is 2. The average Bonchev–Trinajstić information content (AvgIpc) is 2.99. The summed E-state index contributed by atoms with van der Waals surface area (Å²) in [5, 5.41) is 4.18. The second kappa shape index (κ2) is 8.46. The van der Waals surface area contributed by atoms with E-state index in [9.17, 15) is 9.59 Å². The molecule has 7 heteroatoms. The largest absolute Gasteiger partial charge is 0.497 e. The number of nitrogens with one attached hydrogen (secondary N) is 1. The van der Waals surface area contributed by atoms with Gasteiger partial charge in [0.2, 0.25) is 0 Å². The number of halogens is 2. The van der Waals surface area contributed by atoms with E-state index in [2.05, 4.69) is 5.32 Å². The maximum atomic E-state index is 13.5. The van der Waals surface area contributed by atoms with Crippen molar-refractivity contribution in [2.75, 3.05) is 17.3 Å². The van der Waals surface area contributed by atoms with E-state index in [1.165, 1.54) is 0 Å². The highest BCUT2D eigenvalue weighted by Gasteiger charge is 2.40. The lowest BCUT2D eigenvalue weighted by Crippen LogP contribution is -2.33. The fraction of sp³-hybridized carbons (Fsp3) is 0.0833. The van der Waals surface area contributed by atoms with E-state index in [1.807, 2.05) is 0 Å². The van der Waals surface area contributed by atoms with Gasteiger partial charge < -0.3 is 10.1 Å². The van der Waals surface area contributed by atoms with Gasteiger partial charge in [0, 0.05) is 21.8 Å². The summed E-state index contributed by atoms with van der Waals surface area (Å²) in [4.78, 5) is 28.1. The molecular formula is C24H18Cl2N2O3. The van der Waals surface area contributed by atoms with Gasteiger partial charge in [-0.3, -0.25) is 9.59 Å². The van der Waals surface area contributed by atoms with Crippen molar-refractivity contribution in [3.05, 3.63) is 93.6 Å². The molecule has 3 aromatic carbocycles. The molecule has 156 valence electrons. The van der Waals surface area contributed by atoms with Crippen LogP contribution in [0.1, 0.15) is 11.1 Å². The average molecular weight is 453 g/mol. The molecule has 0 fully saturated rings. The summed E-state index contributed by atoms with van der Waals surface area (Å²) in [5.41, 5.74) is 2.84. The third-order valence-electron chi connectivity index (χ3n) is 4.96. The Morgan fingerprint density at radius 3 is 2.26 bits per heavy atom. The van der Waals surface area contributed by atoms with Crippen LogP contribution >= 0.6 is 23.2 Å². The van der Waals surface area contributed by atoms with E-state index in [1.54, 1.807) is 80.8 Å². The number of imide groups is 1. The quantitative estimate of drug-likeness (QED) is 0.503. The van der Waals surface area contributed by atoms with Crippen LogP contribution in [0.5, 0.6) is 5.75 Å². The summed E-state index contributed by atoms with van der Waals surface area (Å²) in [6.07, 6.45) is 0. The molecule has 0 saturated carbocycles. The molecule has 0 aromatic heterocycles. The summed E-state index contributed by atoms with van der Waals surface area (Å²) in [6.45, 7) is 1.80. The van der Waals surface area contributed by atoms with Gasteiger partial charge in [-0.1, -0.05) is 41.4 Å². The molecule has 4 rings (SSSR count). The number of methoxy groups -OCH3 is 1. The van der Waals surface area contributed by atoms with E-state index in [0.29, 0.717) is 38.3 Å². The van der Waals surface area contributed by atoms with Gasteiger partial charge in [-0.15, -0.1) is 0 Å². The third-order valence-corrected chi connectivity index (χ3v) is 5.44. The van der Waals surface area contributed by atoms with E-state index >= 15 is 0 Å². The van der Waals surface area contributed by atoms with Gasteiger partial charge >= 0.3 is 0 Å². The molecule has 0 aliphatic carbocycles. The van der Waals surface area contributed by atoms with Gasteiger partial charge in [-0.05, 0) is 60.5 Å². The van der Waals surface area contributed by atoms with Crippen molar-refractivity contribution < 1.29 is 14.3 Å². The van der Waals surface area contributed by atoms with Crippen molar-refractivity contribution >= 4 is 52.0 Å².